The molecule has 3 aromatic rings. The van der Waals surface area contributed by atoms with Crippen LogP contribution in [-0.4, -0.2) is 5.71 Å². The minimum absolute atomic E-state index is 0.0696. The van der Waals surface area contributed by atoms with Crippen molar-refractivity contribution in [3.63, 3.8) is 0 Å². The first-order valence-electron chi connectivity index (χ1n) is 9.12. The number of aliphatic imine (C=N–C) groups is 1. The van der Waals surface area contributed by atoms with Gasteiger partial charge in [0.05, 0.1) is 6.04 Å². The molecule has 0 fully saturated rings. The maximum Gasteiger partial charge on any atom is 0.0724 e. The van der Waals surface area contributed by atoms with E-state index in [1.807, 2.05) is 24.3 Å². The Morgan fingerprint density at radius 2 is 1.46 bits per heavy atom. The van der Waals surface area contributed by atoms with Gasteiger partial charge in [0.1, 0.15) is 0 Å². The topological polar surface area (TPSA) is 38.4 Å². The van der Waals surface area contributed by atoms with E-state index in [0.717, 1.165) is 16.8 Å². The third-order valence-electron chi connectivity index (χ3n) is 4.62. The number of benzene rings is 3. The Labute approximate surface area is 156 Å². The van der Waals surface area contributed by atoms with Crippen molar-refractivity contribution in [3.8, 4) is 0 Å². The van der Waals surface area contributed by atoms with Crippen molar-refractivity contribution in [1.82, 2.24) is 0 Å². The molecule has 0 spiro atoms. The maximum absolute atomic E-state index is 6.49. The molecule has 0 aliphatic carbocycles. The van der Waals surface area contributed by atoms with Crippen molar-refractivity contribution >= 4 is 5.71 Å². The summed E-state index contributed by atoms with van der Waals surface area (Å²) in [4.78, 5) is 5.06. The highest BCUT2D eigenvalue weighted by Gasteiger charge is 2.14. The van der Waals surface area contributed by atoms with Gasteiger partial charge >= 0.3 is 0 Å². The van der Waals surface area contributed by atoms with Crippen LogP contribution in [0.3, 0.4) is 0 Å². The van der Waals surface area contributed by atoms with E-state index in [0.29, 0.717) is 6.42 Å². The molecule has 2 nitrogen and oxygen atoms in total. The van der Waals surface area contributed by atoms with E-state index >= 15 is 0 Å². The summed E-state index contributed by atoms with van der Waals surface area (Å²) in [6.45, 7) is 4.26. The summed E-state index contributed by atoms with van der Waals surface area (Å²) in [7, 11) is 0. The zero-order valence-electron chi connectivity index (χ0n) is 15.5. The number of hydrogen-bond donors (Lipinski definition) is 1. The summed E-state index contributed by atoms with van der Waals surface area (Å²) >= 11 is 0. The monoisotopic (exact) mass is 342 g/mol. The molecule has 0 heterocycles. The zero-order chi connectivity index (χ0) is 18.4. The minimum atomic E-state index is -0.0696. The number of hydrogen-bond acceptors (Lipinski definition) is 2. The average Bonchev–Trinajstić information content (AvgIpc) is 2.68. The van der Waals surface area contributed by atoms with Gasteiger partial charge in [0.15, 0.2) is 0 Å². The van der Waals surface area contributed by atoms with Gasteiger partial charge in [-0.1, -0.05) is 90.5 Å². The molecular formula is C24H26N2. The van der Waals surface area contributed by atoms with Gasteiger partial charge in [-0.25, -0.2) is 0 Å². The first-order valence-corrected chi connectivity index (χ1v) is 9.12. The Morgan fingerprint density at radius 3 is 2.12 bits per heavy atom. The molecule has 3 rings (SSSR count). The fourth-order valence-corrected chi connectivity index (χ4v) is 3.14. The normalized spacial score (nSPS) is 14.0. The van der Waals surface area contributed by atoms with Gasteiger partial charge in [-0.05, 0) is 30.5 Å². The van der Waals surface area contributed by atoms with Crippen molar-refractivity contribution in [2.45, 2.75) is 32.4 Å². The second kappa shape index (κ2) is 8.59. The lowest BCUT2D eigenvalue weighted by atomic mass is 9.97. The fourth-order valence-electron chi connectivity index (χ4n) is 3.14. The largest absolute Gasteiger partial charge is 0.324 e. The zero-order valence-corrected chi connectivity index (χ0v) is 15.5. The predicted molar refractivity (Wildman–Crippen MR) is 111 cm³/mol. The van der Waals surface area contributed by atoms with E-state index in [2.05, 4.69) is 74.5 Å². The SMILES string of the molecule is Cc1cccc(C(C)/N=C(\CC(N)c2ccccc2)c2ccccc2)c1. The maximum atomic E-state index is 6.49. The van der Waals surface area contributed by atoms with Gasteiger partial charge in [0.25, 0.3) is 0 Å². The first kappa shape index (κ1) is 18.1. The number of rotatable bonds is 6. The second-order valence-corrected chi connectivity index (χ2v) is 6.75. The lowest BCUT2D eigenvalue weighted by molar-refractivity contribution is 0.745. The van der Waals surface area contributed by atoms with Crippen molar-refractivity contribution in [1.29, 1.82) is 0 Å². The highest BCUT2D eigenvalue weighted by atomic mass is 14.8. The quantitative estimate of drug-likeness (QED) is 0.579. The lowest BCUT2D eigenvalue weighted by Gasteiger charge is -2.17. The molecule has 0 aliphatic rings. The molecule has 0 radical (unpaired) electrons. The van der Waals surface area contributed by atoms with Crippen LogP contribution in [0.25, 0.3) is 0 Å². The molecule has 2 atom stereocenters. The fraction of sp³-hybridized carbons (Fsp3) is 0.208. The first-order chi connectivity index (χ1) is 12.6. The molecule has 132 valence electrons. The van der Waals surface area contributed by atoms with E-state index in [4.69, 9.17) is 10.7 Å². The molecule has 0 aliphatic heterocycles. The highest BCUT2D eigenvalue weighted by molar-refractivity contribution is 6.01. The van der Waals surface area contributed by atoms with Crippen LogP contribution in [0.2, 0.25) is 0 Å². The molecule has 2 heteroatoms. The molecule has 0 aromatic heterocycles. The van der Waals surface area contributed by atoms with Crippen molar-refractivity contribution in [2.24, 2.45) is 10.7 Å². The Bertz CT molecular complexity index is 854. The molecule has 2 N–H and O–H groups in total. The van der Waals surface area contributed by atoms with Gasteiger partial charge in [-0.3, -0.25) is 4.99 Å². The Hall–Kier alpha value is -2.71. The Kier molecular flexibility index (Phi) is 5.98. The number of nitrogens with zero attached hydrogens (tertiary/aromatic N) is 1. The van der Waals surface area contributed by atoms with Crippen molar-refractivity contribution in [3.05, 3.63) is 107 Å². The molecule has 0 saturated heterocycles. The third kappa shape index (κ3) is 4.68. The van der Waals surface area contributed by atoms with Crippen LogP contribution in [-0.2, 0) is 0 Å². The van der Waals surface area contributed by atoms with E-state index in [-0.39, 0.29) is 12.1 Å². The lowest BCUT2D eigenvalue weighted by Crippen LogP contribution is -2.17. The minimum Gasteiger partial charge on any atom is -0.324 e. The molecular weight excluding hydrogens is 316 g/mol. The molecule has 2 unspecified atom stereocenters. The summed E-state index contributed by atoms with van der Waals surface area (Å²) < 4.78 is 0. The molecule has 0 amide bonds. The smallest absolute Gasteiger partial charge is 0.0724 e. The molecule has 3 aromatic carbocycles. The highest BCUT2D eigenvalue weighted by Crippen LogP contribution is 2.23. The predicted octanol–water partition coefficient (Wildman–Crippen LogP) is 5.64. The van der Waals surface area contributed by atoms with Crippen molar-refractivity contribution in [2.75, 3.05) is 0 Å². The van der Waals surface area contributed by atoms with Gasteiger partial charge in [0, 0.05) is 18.2 Å². The van der Waals surface area contributed by atoms with E-state index in [1.54, 1.807) is 0 Å². The van der Waals surface area contributed by atoms with Crippen LogP contribution in [0.15, 0.2) is 89.9 Å². The van der Waals surface area contributed by atoms with Crippen LogP contribution in [0.4, 0.5) is 0 Å². The van der Waals surface area contributed by atoms with Crippen LogP contribution in [0, 0.1) is 6.92 Å². The van der Waals surface area contributed by atoms with Crippen molar-refractivity contribution < 1.29 is 0 Å². The van der Waals surface area contributed by atoms with Crippen LogP contribution in [0.1, 0.15) is 47.7 Å². The Balaban J connectivity index is 1.91. The summed E-state index contributed by atoms with van der Waals surface area (Å²) in [5, 5.41) is 0. The molecule has 0 bridgehead atoms. The second-order valence-electron chi connectivity index (χ2n) is 6.75. The average molecular weight is 342 g/mol. The third-order valence-corrected chi connectivity index (χ3v) is 4.62. The van der Waals surface area contributed by atoms with E-state index in [9.17, 15) is 0 Å². The molecule has 26 heavy (non-hydrogen) atoms. The van der Waals surface area contributed by atoms with Crippen LogP contribution in [0.5, 0.6) is 0 Å². The van der Waals surface area contributed by atoms with E-state index in [1.165, 1.54) is 11.1 Å². The standard InChI is InChI=1S/C24H26N2/c1-18-10-9-15-22(16-18)19(2)26-24(21-13-7-4-8-14-21)17-23(25)20-11-5-3-6-12-20/h3-16,19,23H,17,25H2,1-2H3/b26-24+. The summed E-state index contributed by atoms with van der Waals surface area (Å²) in [5.41, 5.74) is 12.3. The van der Waals surface area contributed by atoms with Gasteiger partial charge < -0.3 is 5.73 Å². The van der Waals surface area contributed by atoms with Crippen LogP contribution >= 0.6 is 0 Å². The Morgan fingerprint density at radius 1 is 0.846 bits per heavy atom. The summed E-state index contributed by atoms with van der Waals surface area (Å²) in [5.74, 6) is 0. The number of aryl methyl sites for hydroxylation is 1. The van der Waals surface area contributed by atoms with E-state index < -0.39 is 0 Å². The molecule has 0 saturated carbocycles. The summed E-state index contributed by atoms with van der Waals surface area (Å²) in [6, 6.07) is 29.2. The van der Waals surface area contributed by atoms with Gasteiger partial charge in [-0.2, -0.15) is 0 Å². The summed E-state index contributed by atoms with van der Waals surface area (Å²) in [6.07, 6.45) is 0.712. The number of nitrogens with two attached hydrogens (primary N) is 1. The van der Waals surface area contributed by atoms with Gasteiger partial charge in [0.2, 0.25) is 0 Å². The van der Waals surface area contributed by atoms with Crippen LogP contribution < -0.4 is 5.73 Å². The van der Waals surface area contributed by atoms with Gasteiger partial charge in [-0.15, -0.1) is 0 Å².